The van der Waals surface area contributed by atoms with Gasteiger partial charge in [-0.1, -0.05) is 30.3 Å². The maximum absolute atomic E-state index is 12.6. The summed E-state index contributed by atoms with van der Waals surface area (Å²) in [5.41, 5.74) is 1.84. The summed E-state index contributed by atoms with van der Waals surface area (Å²) in [7, 11) is 0. The molecule has 7 nitrogen and oxygen atoms in total. The summed E-state index contributed by atoms with van der Waals surface area (Å²) in [6, 6.07) is 14.4. The van der Waals surface area contributed by atoms with Gasteiger partial charge in [-0.15, -0.1) is 0 Å². The molecule has 2 amide bonds. The third-order valence-electron chi connectivity index (χ3n) is 4.40. The zero-order valence-electron chi connectivity index (χ0n) is 16.7. The summed E-state index contributed by atoms with van der Waals surface area (Å²) in [5, 5.41) is 11.2. The summed E-state index contributed by atoms with van der Waals surface area (Å²) >= 11 is 0. The van der Waals surface area contributed by atoms with Gasteiger partial charge < -0.3 is 10.6 Å². The van der Waals surface area contributed by atoms with Crippen LogP contribution in [-0.4, -0.2) is 27.6 Å². The van der Waals surface area contributed by atoms with E-state index in [0.717, 1.165) is 10.9 Å². The Balaban J connectivity index is 1.67. The first-order valence-corrected chi connectivity index (χ1v) is 9.48. The van der Waals surface area contributed by atoms with Gasteiger partial charge in [0.15, 0.2) is 0 Å². The van der Waals surface area contributed by atoms with Crippen molar-refractivity contribution in [2.75, 3.05) is 5.32 Å². The van der Waals surface area contributed by atoms with Crippen LogP contribution in [0.1, 0.15) is 25.1 Å². The molecule has 3 rings (SSSR count). The summed E-state index contributed by atoms with van der Waals surface area (Å²) in [5.74, 6) is -0.395. The van der Waals surface area contributed by atoms with E-state index in [1.807, 2.05) is 32.9 Å². The van der Waals surface area contributed by atoms with Crippen LogP contribution in [0.5, 0.6) is 0 Å². The molecule has 1 aromatic heterocycles. The Labute approximate surface area is 168 Å². The number of aryl methyl sites for hydroxylation is 1. The second kappa shape index (κ2) is 8.68. The van der Waals surface area contributed by atoms with Crippen LogP contribution in [0.25, 0.3) is 10.8 Å². The summed E-state index contributed by atoms with van der Waals surface area (Å²) in [4.78, 5) is 36.8. The molecular weight excluding hydrogens is 368 g/mol. The molecule has 0 aliphatic carbocycles. The van der Waals surface area contributed by atoms with Gasteiger partial charge in [-0.3, -0.25) is 14.4 Å². The van der Waals surface area contributed by atoms with Gasteiger partial charge >= 0.3 is 0 Å². The lowest BCUT2D eigenvalue weighted by Crippen LogP contribution is -2.31. The van der Waals surface area contributed by atoms with E-state index < -0.39 is 0 Å². The Morgan fingerprint density at radius 1 is 1.00 bits per heavy atom. The van der Waals surface area contributed by atoms with E-state index in [4.69, 9.17) is 0 Å². The fourth-order valence-electron chi connectivity index (χ4n) is 3.11. The zero-order valence-corrected chi connectivity index (χ0v) is 16.7. The SMILES string of the molecule is Cc1nn(CC(=O)Nc2ccc(CC(=O)NC(C)C)cc2)c(=O)c2ccccc12. The van der Waals surface area contributed by atoms with Gasteiger partial charge in [-0.25, -0.2) is 4.68 Å². The number of hydrogen-bond acceptors (Lipinski definition) is 4. The normalized spacial score (nSPS) is 10.9. The molecule has 0 aliphatic rings. The van der Waals surface area contributed by atoms with Gasteiger partial charge in [0, 0.05) is 17.1 Å². The number of anilines is 1. The number of rotatable bonds is 6. The highest BCUT2D eigenvalue weighted by Crippen LogP contribution is 2.13. The monoisotopic (exact) mass is 392 g/mol. The van der Waals surface area contributed by atoms with Crippen molar-refractivity contribution in [2.45, 2.75) is 39.8 Å². The van der Waals surface area contributed by atoms with Crippen LogP contribution in [-0.2, 0) is 22.6 Å². The molecule has 29 heavy (non-hydrogen) atoms. The summed E-state index contributed by atoms with van der Waals surface area (Å²) in [6.45, 7) is 5.45. The number of benzene rings is 2. The number of amides is 2. The van der Waals surface area contributed by atoms with Crippen molar-refractivity contribution in [1.82, 2.24) is 15.1 Å². The fourth-order valence-corrected chi connectivity index (χ4v) is 3.11. The van der Waals surface area contributed by atoms with Crippen LogP contribution in [0.2, 0.25) is 0 Å². The Morgan fingerprint density at radius 2 is 1.66 bits per heavy atom. The van der Waals surface area contributed by atoms with Crippen LogP contribution in [0.3, 0.4) is 0 Å². The predicted molar refractivity (Wildman–Crippen MR) is 113 cm³/mol. The van der Waals surface area contributed by atoms with Crippen LogP contribution in [0.15, 0.2) is 53.3 Å². The number of aromatic nitrogens is 2. The minimum absolute atomic E-state index is 0.0473. The molecule has 0 bridgehead atoms. The Bertz CT molecular complexity index is 1100. The van der Waals surface area contributed by atoms with E-state index in [9.17, 15) is 14.4 Å². The minimum atomic E-state index is -0.348. The molecule has 3 aromatic rings. The van der Waals surface area contributed by atoms with Crippen LogP contribution in [0, 0.1) is 6.92 Å². The van der Waals surface area contributed by atoms with Crippen molar-refractivity contribution in [2.24, 2.45) is 0 Å². The van der Waals surface area contributed by atoms with E-state index in [-0.39, 0.29) is 36.4 Å². The number of carbonyl (C=O) groups excluding carboxylic acids is 2. The Morgan fingerprint density at radius 3 is 2.31 bits per heavy atom. The first kappa shape index (κ1) is 20.3. The second-order valence-electron chi connectivity index (χ2n) is 7.24. The number of nitrogens with zero attached hydrogens (tertiary/aromatic N) is 2. The average molecular weight is 392 g/mol. The molecule has 2 aromatic carbocycles. The topological polar surface area (TPSA) is 93.1 Å². The molecule has 0 saturated heterocycles. The molecule has 0 radical (unpaired) electrons. The maximum atomic E-state index is 12.6. The highest BCUT2D eigenvalue weighted by Gasteiger charge is 2.11. The van der Waals surface area contributed by atoms with E-state index in [1.165, 1.54) is 4.68 Å². The quantitative estimate of drug-likeness (QED) is 0.674. The van der Waals surface area contributed by atoms with Gasteiger partial charge in [0.1, 0.15) is 6.54 Å². The van der Waals surface area contributed by atoms with Gasteiger partial charge in [-0.2, -0.15) is 5.10 Å². The van der Waals surface area contributed by atoms with Crippen molar-refractivity contribution >= 4 is 28.3 Å². The van der Waals surface area contributed by atoms with Crippen molar-refractivity contribution in [1.29, 1.82) is 0 Å². The minimum Gasteiger partial charge on any atom is -0.354 e. The highest BCUT2D eigenvalue weighted by atomic mass is 16.2. The van der Waals surface area contributed by atoms with Crippen molar-refractivity contribution < 1.29 is 9.59 Å². The number of nitrogens with one attached hydrogen (secondary N) is 2. The Hall–Kier alpha value is -3.48. The molecular formula is C22H24N4O3. The van der Waals surface area contributed by atoms with Crippen molar-refractivity contribution in [3.05, 3.63) is 70.1 Å². The van der Waals surface area contributed by atoms with Crippen LogP contribution >= 0.6 is 0 Å². The standard InChI is InChI=1S/C22H24N4O3/c1-14(2)23-20(27)12-16-8-10-17(11-9-16)24-21(28)13-26-22(29)19-7-5-4-6-18(19)15(3)25-26/h4-11,14H,12-13H2,1-3H3,(H,23,27)(H,24,28). The lowest BCUT2D eigenvalue weighted by molar-refractivity contribution is -0.121. The molecule has 0 atom stereocenters. The molecule has 0 fully saturated rings. The summed E-state index contributed by atoms with van der Waals surface area (Å²) in [6.07, 6.45) is 0.280. The van der Waals surface area contributed by atoms with Crippen molar-refractivity contribution in [3.8, 4) is 0 Å². The van der Waals surface area contributed by atoms with Gasteiger partial charge in [0.25, 0.3) is 5.56 Å². The number of carbonyl (C=O) groups is 2. The van der Waals surface area contributed by atoms with E-state index >= 15 is 0 Å². The first-order valence-electron chi connectivity index (χ1n) is 9.48. The van der Waals surface area contributed by atoms with Gasteiger partial charge in [-0.05, 0) is 44.5 Å². The molecule has 2 N–H and O–H groups in total. The third kappa shape index (κ3) is 5.07. The lowest BCUT2D eigenvalue weighted by Gasteiger charge is -2.10. The molecule has 0 unspecified atom stereocenters. The first-order chi connectivity index (χ1) is 13.8. The zero-order chi connectivity index (χ0) is 21.0. The van der Waals surface area contributed by atoms with Gasteiger partial charge in [0.05, 0.1) is 17.5 Å². The average Bonchev–Trinajstić information content (AvgIpc) is 2.67. The Kier molecular flexibility index (Phi) is 6.07. The molecule has 7 heteroatoms. The smallest absolute Gasteiger partial charge is 0.275 e. The molecule has 1 heterocycles. The van der Waals surface area contributed by atoms with Crippen LogP contribution in [0.4, 0.5) is 5.69 Å². The molecule has 0 saturated carbocycles. The summed E-state index contributed by atoms with van der Waals surface area (Å²) < 4.78 is 1.18. The lowest BCUT2D eigenvalue weighted by atomic mass is 10.1. The maximum Gasteiger partial charge on any atom is 0.275 e. The largest absolute Gasteiger partial charge is 0.354 e. The molecule has 0 aliphatic heterocycles. The number of hydrogen-bond donors (Lipinski definition) is 2. The van der Waals surface area contributed by atoms with Crippen molar-refractivity contribution in [3.63, 3.8) is 0 Å². The fraction of sp³-hybridized carbons (Fsp3) is 0.273. The highest BCUT2D eigenvalue weighted by molar-refractivity contribution is 5.91. The van der Waals surface area contributed by atoms with Gasteiger partial charge in [0.2, 0.25) is 11.8 Å². The second-order valence-corrected chi connectivity index (χ2v) is 7.24. The molecule has 0 spiro atoms. The van der Waals surface area contributed by atoms with Crippen LogP contribution < -0.4 is 16.2 Å². The van der Waals surface area contributed by atoms with E-state index in [2.05, 4.69) is 15.7 Å². The third-order valence-corrected chi connectivity index (χ3v) is 4.40. The number of fused-ring (bicyclic) bond motifs is 1. The molecule has 150 valence electrons. The van der Waals surface area contributed by atoms with E-state index in [1.54, 1.807) is 36.4 Å². The van der Waals surface area contributed by atoms with E-state index in [0.29, 0.717) is 16.8 Å². The predicted octanol–water partition coefficient (Wildman–Crippen LogP) is 2.41.